The first-order chi connectivity index (χ1) is 7.20. The van der Waals surface area contributed by atoms with Crippen LogP contribution in [0.25, 0.3) is 0 Å². The average molecular weight is 200 g/mol. The molecule has 0 aliphatic rings. The normalized spacial score (nSPS) is 8.93. The van der Waals surface area contributed by atoms with Gasteiger partial charge < -0.3 is 4.57 Å². The van der Waals surface area contributed by atoms with Gasteiger partial charge in [-0.25, -0.2) is 0 Å². The van der Waals surface area contributed by atoms with Gasteiger partial charge in [0.15, 0.2) is 0 Å². The molecule has 2 aromatic rings. The highest BCUT2D eigenvalue weighted by Gasteiger charge is 1.80. The van der Waals surface area contributed by atoms with Gasteiger partial charge in [-0.05, 0) is 25.1 Å². The lowest BCUT2D eigenvalue weighted by molar-refractivity contribution is 0.859. The molecule has 15 heavy (non-hydrogen) atoms. The van der Waals surface area contributed by atoms with E-state index in [4.69, 9.17) is 0 Å². The van der Waals surface area contributed by atoms with Crippen molar-refractivity contribution >= 4 is 0 Å². The van der Waals surface area contributed by atoms with Gasteiger partial charge in [-0.15, -0.1) is 0 Å². The quantitative estimate of drug-likeness (QED) is 0.644. The summed E-state index contributed by atoms with van der Waals surface area (Å²) in [6, 6.07) is 12.5. The molecule has 0 spiro atoms. The Morgan fingerprint density at radius 3 is 2.53 bits per heavy atom. The predicted octanol–water partition coefficient (Wildman–Crippen LogP) is 1.38. The molecule has 0 N–H and O–H groups in total. The lowest BCUT2D eigenvalue weighted by Crippen LogP contribution is -2.12. The molecule has 0 saturated carbocycles. The maximum absolute atomic E-state index is 10.6. The highest BCUT2D eigenvalue weighted by molar-refractivity contribution is 4.97. The van der Waals surface area contributed by atoms with Gasteiger partial charge in [0, 0.05) is 37.3 Å². The molecule has 2 aromatic heterocycles. The monoisotopic (exact) mass is 200 g/mol. The van der Waals surface area contributed by atoms with Gasteiger partial charge in [0.05, 0.1) is 0 Å². The molecular weight excluding hydrogens is 188 g/mol. The second-order valence-electron chi connectivity index (χ2n) is 2.95. The van der Waals surface area contributed by atoms with Gasteiger partial charge >= 0.3 is 0 Å². The number of pyridine rings is 2. The van der Waals surface area contributed by atoms with Gasteiger partial charge in [-0.3, -0.25) is 9.78 Å². The second kappa shape index (κ2) is 5.75. The zero-order chi connectivity index (χ0) is 11.1. The Kier molecular flexibility index (Phi) is 4.29. The van der Waals surface area contributed by atoms with Crippen LogP contribution in [0.1, 0.15) is 5.69 Å². The summed E-state index contributed by atoms with van der Waals surface area (Å²) in [6.45, 7) is 1.92. The Bertz CT molecular complexity index is 448. The third kappa shape index (κ3) is 4.22. The number of aryl methyl sites for hydroxylation is 2. The fourth-order valence-electron chi connectivity index (χ4n) is 0.859. The van der Waals surface area contributed by atoms with Crippen LogP contribution in [0.15, 0.2) is 41.5 Å². The Hall–Kier alpha value is -1.90. The molecule has 0 aliphatic heterocycles. The van der Waals surface area contributed by atoms with Crippen molar-refractivity contribution in [1.82, 2.24) is 9.55 Å². The van der Waals surface area contributed by atoms with Crippen LogP contribution < -0.4 is 5.56 Å². The molecule has 0 saturated heterocycles. The van der Waals surface area contributed by atoms with E-state index in [1.54, 1.807) is 25.5 Å². The number of hydrogen-bond donors (Lipinski definition) is 0. The SMILES string of the molecule is Cc1[c]cccn1.Cn1c[c]ccc1=O. The maximum Gasteiger partial charge on any atom is 0.250 e. The molecule has 2 radical (unpaired) electrons. The highest BCUT2D eigenvalue weighted by atomic mass is 16.1. The molecule has 3 heteroatoms. The first kappa shape index (κ1) is 11.2. The molecule has 76 valence electrons. The molecule has 2 rings (SSSR count). The van der Waals surface area contributed by atoms with Crippen LogP contribution in [0.5, 0.6) is 0 Å². The summed E-state index contributed by atoms with van der Waals surface area (Å²) < 4.78 is 1.47. The lowest BCUT2D eigenvalue weighted by Gasteiger charge is -1.88. The first-order valence-electron chi connectivity index (χ1n) is 4.52. The molecule has 3 nitrogen and oxygen atoms in total. The number of aromatic nitrogens is 2. The van der Waals surface area contributed by atoms with Crippen LogP contribution in [-0.4, -0.2) is 9.55 Å². The fourth-order valence-corrected chi connectivity index (χ4v) is 0.859. The largest absolute Gasteiger partial charge is 0.318 e. The maximum atomic E-state index is 10.6. The summed E-state index contributed by atoms with van der Waals surface area (Å²) in [5.74, 6) is 0. The van der Waals surface area contributed by atoms with E-state index >= 15 is 0 Å². The molecular formula is C12H12N2O. The molecule has 0 fully saturated rings. The van der Waals surface area contributed by atoms with Crippen LogP contribution in [-0.2, 0) is 7.05 Å². The molecule has 0 bridgehead atoms. The summed E-state index contributed by atoms with van der Waals surface area (Å²) in [6.07, 6.45) is 3.36. The van der Waals surface area contributed by atoms with Crippen molar-refractivity contribution in [2.45, 2.75) is 6.92 Å². The Labute approximate surface area is 89.0 Å². The van der Waals surface area contributed by atoms with E-state index in [1.807, 2.05) is 19.1 Å². The number of hydrogen-bond acceptors (Lipinski definition) is 2. The smallest absolute Gasteiger partial charge is 0.250 e. The summed E-state index contributed by atoms with van der Waals surface area (Å²) >= 11 is 0. The minimum atomic E-state index is 0.00347. The molecule has 0 aromatic carbocycles. The highest BCUT2D eigenvalue weighted by Crippen LogP contribution is 1.84. The minimum absolute atomic E-state index is 0.00347. The van der Waals surface area contributed by atoms with Gasteiger partial charge in [0.25, 0.3) is 0 Å². The van der Waals surface area contributed by atoms with Crippen molar-refractivity contribution < 1.29 is 0 Å². The van der Waals surface area contributed by atoms with E-state index < -0.39 is 0 Å². The summed E-state index contributed by atoms with van der Waals surface area (Å²) in [7, 11) is 1.69. The Morgan fingerprint density at radius 2 is 2.20 bits per heavy atom. The Balaban J connectivity index is 0.000000151. The van der Waals surface area contributed by atoms with E-state index in [2.05, 4.69) is 17.1 Å². The molecule has 0 amide bonds. The molecule has 0 aliphatic carbocycles. The molecule has 2 heterocycles. The zero-order valence-corrected chi connectivity index (χ0v) is 8.77. The summed E-state index contributed by atoms with van der Waals surface area (Å²) in [5, 5.41) is 0. The number of nitrogens with zero attached hydrogens (tertiary/aromatic N) is 2. The van der Waals surface area contributed by atoms with Crippen molar-refractivity contribution in [2.75, 3.05) is 0 Å². The Morgan fingerprint density at radius 1 is 1.40 bits per heavy atom. The fraction of sp³-hybridized carbons (Fsp3) is 0.167. The standard InChI is InChI=1S/C6H6NO.C6H6N/c1-7-5-3-2-4-6(7)8;1-6-4-2-3-5-7-6/h2,4-5H,1H3;2-3,5H,1H3. The van der Waals surface area contributed by atoms with E-state index in [1.165, 1.54) is 10.6 Å². The van der Waals surface area contributed by atoms with Gasteiger partial charge in [0.2, 0.25) is 5.56 Å². The second-order valence-corrected chi connectivity index (χ2v) is 2.95. The van der Waals surface area contributed by atoms with Crippen LogP contribution >= 0.6 is 0 Å². The summed E-state index contributed by atoms with van der Waals surface area (Å²) in [4.78, 5) is 14.5. The van der Waals surface area contributed by atoms with E-state index in [0.29, 0.717) is 0 Å². The lowest BCUT2D eigenvalue weighted by atomic mass is 10.4. The predicted molar refractivity (Wildman–Crippen MR) is 58.3 cm³/mol. The van der Waals surface area contributed by atoms with Crippen LogP contribution in [0.2, 0.25) is 0 Å². The third-order valence-electron chi connectivity index (χ3n) is 1.68. The van der Waals surface area contributed by atoms with Crippen molar-refractivity contribution in [3.63, 3.8) is 0 Å². The van der Waals surface area contributed by atoms with Crippen molar-refractivity contribution in [1.29, 1.82) is 0 Å². The van der Waals surface area contributed by atoms with Gasteiger partial charge in [0.1, 0.15) is 0 Å². The average Bonchev–Trinajstić information content (AvgIpc) is 2.25. The third-order valence-corrected chi connectivity index (χ3v) is 1.68. The van der Waals surface area contributed by atoms with Crippen molar-refractivity contribution in [3.8, 4) is 0 Å². The molecule has 0 atom stereocenters. The number of rotatable bonds is 0. The minimum Gasteiger partial charge on any atom is -0.318 e. The molecule has 0 unspecified atom stereocenters. The van der Waals surface area contributed by atoms with Gasteiger partial charge in [-0.2, -0.15) is 0 Å². The van der Waals surface area contributed by atoms with Crippen LogP contribution in [0, 0.1) is 19.1 Å². The van der Waals surface area contributed by atoms with E-state index in [0.717, 1.165) is 5.69 Å². The summed E-state index contributed by atoms with van der Waals surface area (Å²) in [5.41, 5.74) is 0.950. The topological polar surface area (TPSA) is 34.9 Å². The van der Waals surface area contributed by atoms with Crippen LogP contribution in [0.3, 0.4) is 0 Å². The van der Waals surface area contributed by atoms with Crippen molar-refractivity contribution in [3.05, 3.63) is 64.8 Å². The van der Waals surface area contributed by atoms with E-state index in [-0.39, 0.29) is 5.56 Å². The van der Waals surface area contributed by atoms with Gasteiger partial charge in [-0.1, -0.05) is 6.07 Å². The van der Waals surface area contributed by atoms with E-state index in [9.17, 15) is 4.79 Å². The first-order valence-corrected chi connectivity index (χ1v) is 4.52. The van der Waals surface area contributed by atoms with Crippen LogP contribution in [0.4, 0.5) is 0 Å². The zero-order valence-electron chi connectivity index (χ0n) is 8.77. The van der Waals surface area contributed by atoms with Crippen molar-refractivity contribution in [2.24, 2.45) is 7.05 Å².